The average molecular weight is 287 g/mol. The van der Waals surface area contributed by atoms with Crippen molar-refractivity contribution in [2.45, 2.75) is 32.2 Å². The van der Waals surface area contributed by atoms with Crippen molar-refractivity contribution in [3.63, 3.8) is 0 Å². The minimum absolute atomic E-state index is 0.111. The van der Waals surface area contributed by atoms with E-state index in [1.54, 1.807) is 0 Å². The van der Waals surface area contributed by atoms with Crippen LogP contribution < -0.4 is 5.73 Å². The Labute approximate surface area is 124 Å². The fourth-order valence-electron chi connectivity index (χ4n) is 2.99. The second kappa shape index (κ2) is 5.85. The fraction of sp³-hybridized carbons (Fsp3) is 0.500. The first kappa shape index (κ1) is 14.1. The Kier molecular flexibility index (Phi) is 3.92. The lowest BCUT2D eigenvalue weighted by atomic mass is 9.92. The van der Waals surface area contributed by atoms with Crippen molar-refractivity contribution in [2.24, 2.45) is 11.7 Å². The lowest BCUT2D eigenvalue weighted by molar-refractivity contribution is -0.132. The first-order valence-corrected chi connectivity index (χ1v) is 7.52. The summed E-state index contributed by atoms with van der Waals surface area (Å²) in [6.45, 7) is 3.59. The molecule has 112 valence electrons. The summed E-state index contributed by atoms with van der Waals surface area (Å²) < 4.78 is 5.26. The topological polar surface area (TPSA) is 72.4 Å². The van der Waals surface area contributed by atoms with Crippen molar-refractivity contribution < 1.29 is 9.32 Å². The molecule has 0 aliphatic carbocycles. The highest BCUT2D eigenvalue weighted by atomic mass is 16.5. The van der Waals surface area contributed by atoms with E-state index in [1.807, 2.05) is 36.1 Å². The predicted octanol–water partition coefficient (Wildman–Crippen LogP) is 1.96. The molecule has 1 aliphatic rings. The Bertz CT molecular complexity index is 635. The van der Waals surface area contributed by atoms with Crippen molar-refractivity contribution >= 4 is 16.9 Å². The van der Waals surface area contributed by atoms with E-state index in [-0.39, 0.29) is 11.9 Å². The number of amides is 1. The third kappa shape index (κ3) is 2.93. The van der Waals surface area contributed by atoms with Crippen LogP contribution in [0.1, 0.15) is 25.5 Å². The zero-order chi connectivity index (χ0) is 14.8. The number of hydrogen-bond donors (Lipinski definition) is 1. The third-order valence-corrected chi connectivity index (χ3v) is 4.32. The van der Waals surface area contributed by atoms with Gasteiger partial charge in [-0.15, -0.1) is 0 Å². The lowest BCUT2D eigenvalue weighted by Crippen LogP contribution is -2.45. The molecule has 0 saturated carbocycles. The number of carbonyl (C=O) groups is 1. The molecule has 5 heteroatoms. The Morgan fingerprint density at radius 2 is 2.33 bits per heavy atom. The van der Waals surface area contributed by atoms with Gasteiger partial charge in [0.05, 0.1) is 6.42 Å². The van der Waals surface area contributed by atoms with Crippen molar-refractivity contribution in [1.82, 2.24) is 10.1 Å². The van der Waals surface area contributed by atoms with E-state index in [0.717, 1.165) is 42.6 Å². The zero-order valence-electron chi connectivity index (χ0n) is 12.3. The highest BCUT2D eigenvalue weighted by molar-refractivity contribution is 5.86. The van der Waals surface area contributed by atoms with Crippen molar-refractivity contribution in [3.05, 3.63) is 30.0 Å². The molecule has 2 aromatic rings. The SMILES string of the molecule is C[C@H](N)[C@@H]1CCCN(C(=O)Cc2noc3ccccc23)C1. The summed E-state index contributed by atoms with van der Waals surface area (Å²) in [6.07, 6.45) is 2.43. The smallest absolute Gasteiger partial charge is 0.228 e. The molecule has 2 atom stereocenters. The van der Waals surface area contributed by atoms with Crippen LogP contribution in [0.25, 0.3) is 11.0 Å². The highest BCUT2D eigenvalue weighted by Gasteiger charge is 2.26. The summed E-state index contributed by atoms with van der Waals surface area (Å²) in [4.78, 5) is 14.4. The maximum atomic E-state index is 12.5. The number of nitrogens with two attached hydrogens (primary N) is 1. The monoisotopic (exact) mass is 287 g/mol. The van der Waals surface area contributed by atoms with Gasteiger partial charge in [0.15, 0.2) is 5.58 Å². The normalized spacial score (nSPS) is 20.7. The molecule has 2 heterocycles. The lowest BCUT2D eigenvalue weighted by Gasteiger charge is -2.34. The summed E-state index contributed by atoms with van der Waals surface area (Å²) in [7, 11) is 0. The van der Waals surface area contributed by atoms with Crippen LogP contribution in [0.15, 0.2) is 28.8 Å². The van der Waals surface area contributed by atoms with Gasteiger partial charge in [0.2, 0.25) is 5.91 Å². The van der Waals surface area contributed by atoms with E-state index in [2.05, 4.69) is 5.16 Å². The molecule has 1 saturated heterocycles. The van der Waals surface area contributed by atoms with Gasteiger partial charge in [0.25, 0.3) is 0 Å². The van der Waals surface area contributed by atoms with Crippen LogP contribution in [0.2, 0.25) is 0 Å². The molecule has 0 radical (unpaired) electrons. The van der Waals surface area contributed by atoms with Crippen LogP contribution >= 0.6 is 0 Å². The largest absolute Gasteiger partial charge is 0.356 e. The standard InChI is InChI=1S/C16H21N3O2/c1-11(17)12-5-4-8-19(10-12)16(20)9-14-13-6-2-3-7-15(13)21-18-14/h2-3,6-7,11-12H,4-5,8-10,17H2,1H3/t11-,12+/m0/s1. The van der Waals surface area contributed by atoms with Gasteiger partial charge in [-0.05, 0) is 37.8 Å². The molecule has 1 fully saturated rings. The first-order chi connectivity index (χ1) is 10.1. The molecular weight excluding hydrogens is 266 g/mol. The number of hydrogen-bond acceptors (Lipinski definition) is 4. The van der Waals surface area contributed by atoms with Gasteiger partial charge >= 0.3 is 0 Å². The van der Waals surface area contributed by atoms with E-state index in [0.29, 0.717) is 12.3 Å². The number of rotatable bonds is 3. The van der Waals surface area contributed by atoms with Gasteiger partial charge in [-0.1, -0.05) is 17.3 Å². The van der Waals surface area contributed by atoms with Crippen LogP contribution in [0.5, 0.6) is 0 Å². The molecular formula is C16H21N3O2. The van der Waals surface area contributed by atoms with Gasteiger partial charge < -0.3 is 15.2 Å². The average Bonchev–Trinajstić information content (AvgIpc) is 2.91. The Morgan fingerprint density at radius 3 is 3.14 bits per heavy atom. The number of piperidine rings is 1. The molecule has 2 N–H and O–H groups in total. The quantitative estimate of drug-likeness (QED) is 0.936. The van der Waals surface area contributed by atoms with Gasteiger partial charge in [-0.2, -0.15) is 0 Å². The minimum atomic E-state index is 0.111. The van der Waals surface area contributed by atoms with Gasteiger partial charge in [0.1, 0.15) is 5.69 Å². The molecule has 0 spiro atoms. The number of carbonyl (C=O) groups excluding carboxylic acids is 1. The van der Waals surface area contributed by atoms with Gasteiger partial charge in [-0.25, -0.2) is 0 Å². The summed E-state index contributed by atoms with van der Waals surface area (Å²) in [5.74, 6) is 0.510. The molecule has 1 amide bonds. The molecule has 0 bridgehead atoms. The Morgan fingerprint density at radius 1 is 1.52 bits per heavy atom. The molecule has 21 heavy (non-hydrogen) atoms. The molecule has 1 aromatic heterocycles. The van der Waals surface area contributed by atoms with E-state index < -0.39 is 0 Å². The molecule has 1 aromatic carbocycles. The number of aromatic nitrogens is 1. The molecule has 5 nitrogen and oxygen atoms in total. The number of para-hydroxylation sites is 1. The van der Waals surface area contributed by atoms with E-state index in [9.17, 15) is 4.79 Å². The van der Waals surface area contributed by atoms with Crippen molar-refractivity contribution in [1.29, 1.82) is 0 Å². The second-order valence-corrected chi connectivity index (χ2v) is 5.90. The van der Waals surface area contributed by atoms with E-state index in [1.165, 1.54) is 0 Å². The number of nitrogens with zero attached hydrogens (tertiary/aromatic N) is 2. The summed E-state index contributed by atoms with van der Waals surface area (Å²) in [6, 6.07) is 7.77. The predicted molar refractivity (Wildman–Crippen MR) is 80.7 cm³/mol. The van der Waals surface area contributed by atoms with Gasteiger partial charge in [-0.3, -0.25) is 4.79 Å². The summed E-state index contributed by atoms with van der Waals surface area (Å²) >= 11 is 0. The second-order valence-electron chi connectivity index (χ2n) is 5.90. The fourth-order valence-corrected chi connectivity index (χ4v) is 2.99. The number of likely N-dealkylation sites (tertiary alicyclic amines) is 1. The van der Waals surface area contributed by atoms with Crippen LogP contribution in [0.3, 0.4) is 0 Å². The molecule has 0 unspecified atom stereocenters. The highest BCUT2D eigenvalue weighted by Crippen LogP contribution is 2.22. The van der Waals surface area contributed by atoms with Crippen LogP contribution in [0.4, 0.5) is 0 Å². The van der Waals surface area contributed by atoms with Crippen LogP contribution in [-0.4, -0.2) is 35.1 Å². The Hall–Kier alpha value is -1.88. The maximum absolute atomic E-state index is 12.5. The Balaban J connectivity index is 1.71. The zero-order valence-corrected chi connectivity index (χ0v) is 12.3. The van der Waals surface area contributed by atoms with Gasteiger partial charge in [0, 0.05) is 24.5 Å². The molecule has 3 rings (SSSR count). The molecule has 1 aliphatic heterocycles. The van der Waals surface area contributed by atoms with E-state index >= 15 is 0 Å². The first-order valence-electron chi connectivity index (χ1n) is 7.52. The number of benzene rings is 1. The third-order valence-electron chi connectivity index (χ3n) is 4.32. The minimum Gasteiger partial charge on any atom is -0.356 e. The summed E-state index contributed by atoms with van der Waals surface area (Å²) in [5.41, 5.74) is 7.42. The van der Waals surface area contributed by atoms with Crippen LogP contribution in [0, 0.1) is 5.92 Å². The maximum Gasteiger partial charge on any atom is 0.228 e. The van der Waals surface area contributed by atoms with E-state index in [4.69, 9.17) is 10.3 Å². The summed E-state index contributed by atoms with van der Waals surface area (Å²) in [5, 5.41) is 4.96. The van der Waals surface area contributed by atoms with Crippen LogP contribution in [-0.2, 0) is 11.2 Å². The van der Waals surface area contributed by atoms with Crippen molar-refractivity contribution in [2.75, 3.05) is 13.1 Å². The van der Waals surface area contributed by atoms with Crippen molar-refractivity contribution in [3.8, 4) is 0 Å². The number of fused-ring (bicyclic) bond motifs is 1.